The van der Waals surface area contributed by atoms with Crippen molar-refractivity contribution in [2.75, 3.05) is 13.2 Å². The third-order valence-electron chi connectivity index (χ3n) is 5.39. The van der Waals surface area contributed by atoms with Crippen molar-refractivity contribution in [2.24, 2.45) is 0 Å². The lowest BCUT2D eigenvalue weighted by molar-refractivity contribution is -0.0119. The van der Waals surface area contributed by atoms with E-state index in [0.29, 0.717) is 32.3 Å². The van der Waals surface area contributed by atoms with Gasteiger partial charge in [-0.15, -0.1) is 0 Å². The van der Waals surface area contributed by atoms with Crippen LogP contribution in [-0.4, -0.2) is 35.2 Å². The third-order valence-corrected chi connectivity index (χ3v) is 6.02. The van der Waals surface area contributed by atoms with Crippen LogP contribution in [0.2, 0.25) is 10.0 Å². The average Bonchev–Trinajstić information content (AvgIpc) is 2.99. The van der Waals surface area contributed by atoms with Gasteiger partial charge in [0.05, 0.1) is 16.6 Å². The number of rotatable bonds is 3. The van der Waals surface area contributed by atoms with E-state index in [1.165, 1.54) is 17.0 Å². The van der Waals surface area contributed by atoms with E-state index in [1.807, 2.05) is 0 Å². The van der Waals surface area contributed by atoms with Crippen molar-refractivity contribution >= 4 is 29.1 Å². The number of hydrogen-bond donors (Lipinski definition) is 1. The van der Waals surface area contributed by atoms with Crippen LogP contribution in [0.5, 0.6) is 11.5 Å². The molecule has 1 N–H and O–H groups in total. The van der Waals surface area contributed by atoms with E-state index >= 15 is 0 Å². The molecule has 0 spiro atoms. The highest BCUT2D eigenvalue weighted by atomic mass is 35.5. The lowest BCUT2D eigenvalue weighted by atomic mass is 10.0. The Morgan fingerprint density at radius 1 is 1.06 bits per heavy atom. The number of amides is 1. The fourth-order valence-electron chi connectivity index (χ4n) is 3.96. The molecule has 0 aliphatic carbocycles. The van der Waals surface area contributed by atoms with Crippen molar-refractivity contribution in [1.82, 2.24) is 4.90 Å². The van der Waals surface area contributed by atoms with Gasteiger partial charge in [-0.3, -0.25) is 4.79 Å². The number of aliphatic hydroxyl groups is 1. The van der Waals surface area contributed by atoms with Crippen molar-refractivity contribution in [2.45, 2.75) is 12.3 Å². The van der Waals surface area contributed by atoms with E-state index in [4.69, 9.17) is 32.7 Å². The van der Waals surface area contributed by atoms with Gasteiger partial charge < -0.3 is 19.5 Å². The Kier molecular flexibility index (Phi) is 5.01. The number of benzene rings is 3. The van der Waals surface area contributed by atoms with Crippen LogP contribution in [0.3, 0.4) is 0 Å². The summed E-state index contributed by atoms with van der Waals surface area (Å²) in [5, 5.41) is 11.3. The summed E-state index contributed by atoms with van der Waals surface area (Å²) in [6, 6.07) is 14.4. The van der Waals surface area contributed by atoms with Gasteiger partial charge in [0.2, 0.25) is 0 Å². The summed E-state index contributed by atoms with van der Waals surface area (Å²) in [7, 11) is 0. The predicted molar refractivity (Wildman–Crippen MR) is 114 cm³/mol. The number of carbonyl (C=O) groups excluding carboxylic acids is 1. The molecule has 31 heavy (non-hydrogen) atoms. The zero-order valence-electron chi connectivity index (χ0n) is 16.0. The Balaban J connectivity index is 1.47. The highest BCUT2D eigenvalue weighted by Gasteiger charge is 2.38. The highest BCUT2D eigenvalue weighted by molar-refractivity contribution is 6.39. The SMILES string of the molecule is O=C1c2ccccc2C(O)N1C[C@H]1COc2cc(F)cc(-c3c(Cl)cccc3Cl)c2O1. The predicted octanol–water partition coefficient (Wildman–Crippen LogP) is 5.09. The summed E-state index contributed by atoms with van der Waals surface area (Å²) in [6.07, 6.45) is -1.66. The Labute approximate surface area is 187 Å². The molecular weight excluding hydrogens is 444 g/mol. The lowest BCUT2D eigenvalue weighted by Gasteiger charge is -2.32. The Hall–Kier alpha value is -2.80. The Bertz CT molecular complexity index is 1180. The molecule has 5 nitrogen and oxygen atoms in total. The van der Waals surface area contributed by atoms with Gasteiger partial charge >= 0.3 is 0 Å². The maximum Gasteiger partial charge on any atom is 0.256 e. The molecule has 1 amide bonds. The molecule has 3 aromatic rings. The summed E-state index contributed by atoms with van der Waals surface area (Å²) in [6.45, 7) is 0.167. The van der Waals surface area contributed by atoms with Crippen LogP contribution in [-0.2, 0) is 0 Å². The van der Waals surface area contributed by atoms with Crippen LogP contribution in [0.15, 0.2) is 54.6 Å². The fraction of sp³-hybridized carbons (Fsp3) is 0.174. The molecule has 2 aliphatic rings. The normalized spacial score (nSPS) is 19.5. The van der Waals surface area contributed by atoms with Crippen LogP contribution in [0.1, 0.15) is 22.1 Å². The Morgan fingerprint density at radius 3 is 2.55 bits per heavy atom. The molecule has 2 heterocycles. The van der Waals surface area contributed by atoms with Crippen molar-refractivity contribution < 1.29 is 23.8 Å². The first-order chi connectivity index (χ1) is 14.9. The minimum absolute atomic E-state index is 0.0823. The van der Waals surface area contributed by atoms with Crippen LogP contribution < -0.4 is 9.47 Å². The molecule has 1 unspecified atom stereocenters. The van der Waals surface area contributed by atoms with Gasteiger partial charge in [0.15, 0.2) is 23.8 Å². The van der Waals surface area contributed by atoms with E-state index < -0.39 is 18.1 Å². The topological polar surface area (TPSA) is 59.0 Å². The Morgan fingerprint density at radius 2 is 1.81 bits per heavy atom. The second kappa shape index (κ2) is 7.71. The zero-order valence-corrected chi connectivity index (χ0v) is 17.5. The summed E-state index contributed by atoms with van der Waals surface area (Å²) < 4.78 is 26.1. The van der Waals surface area contributed by atoms with Crippen LogP contribution in [0.4, 0.5) is 4.39 Å². The van der Waals surface area contributed by atoms with Crippen molar-refractivity contribution in [1.29, 1.82) is 0 Å². The monoisotopic (exact) mass is 459 g/mol. The molecule has 0 aromatic heterocycles. The molecule has 0 saturated carbocycles. The van der Waals surface area contributed by atoms with Crippen molar-refractivity contribution in [3.63, 3.8) is 0 Å². The first-order valence-corrected chi connectivity index (χ1v) is 10.3. The highest BCUT2D eigenvalue weighted by Crippen LogP contribution is 2.46. The first kappa shape index (κ1) is 20.1. The molecule has 0 radical (unpaired) electrons. The molecule has 0 fully saturated rings. The third kappa shape index (κ3) is 3.41. The van der Waals surface area contributed by atoms with E-state index in [0.717, 1.165) is 0 Å². The van der Waals surface area contributed by atoms with E-state index in [2.05, 4.69) is 0 Å². The number of fused-ring (bicyclic) bond motifs is 2. The summed E-state index contributed by atoms with van der Waals surface area (Å²) in [5.74, 6) is -0.302. The van der Waals surface area contributed by atoms with Gasteiger partial charge in [-0.05, 0) is 24.3 Å². The largest absolute Gasteiger partial charge is 0.486 e. The maximum absolute atomic E-state index is 14.3. The number of halogens is 3. The quantitative estimate of drug-likeness (QED) is 0.592. The smallest absolute Gasteiger partial charge is 0.256 e. The number of hydrogen-bond acceptors (Lipinski definition) is 4. The molecule has 0 saturated heterocycles. The number of aliphatic hydroxyl groups excluding tert-OH is 1. The second-order valence-corrected chi connectivity index (χ2v) is 8.16. The molecule has 2 aliphatic heterocycles. The standard InChI is InChI=1S/C23H16Cl2FNO4/c24-17-6-3-7-18(25)20(17)16-8-12(26)9-19-21(16)31-13(11-30-19)10-27-22(28)14-4-1-2-5-15(14)23(27)29/h1-9,13,22,28H,10-11H2/t13-,22?/m0/s1. The second-order valence-electron chi connectivity index (χ2n) is 7.35. The minimum Gasteiger partial charge on any atom is -0.486 e. The van der Waals surface area contributed by atoms with Gasteiger partial charge in [0, 0.05) is 28.3 Å². The van der Waals surface area contributed by atoms with E-state index in [9.17, 15) is 14.3 Å². The molecule has 2 atom stereocenters. The lowest BCUT2D eigenvalue weighted by Crippen LogP contribution is -2.42. The maximum atomic E-state index is 14.3. The molecule has 0 bridgehead atoms. The molecule has 158 valence electrons. The zero-order chi connectivity index (χ0) is 21.7. The summed E-state index contributed by atoms with van der Waals surface area (Å²) in [4.78, 5) is 14.1. The summed E-state index contributed by atoms with van der Waals surface area (Å²) in [5.41, 5.74) is 1.79. The van der Waals surface area contributed by atoms with Crippen molar-refractivity contribution in [3.8, 4) is 22.6 Å². The van der Waals surface area contributed by atoms with Crippen molar-refractivity contribution in [3.05, 3.63) is 81.6 Å². The molecule has 5 rings (SSSR count). The average molecular weight is 460 g/mol. The van der Waals surface area contributed by atoms with Gasteiger partial charge in [0.1, 0.15) is 12.4 Å². The van der Waals surface area contributed by atoms with Gasteiger partial charge in [-0.25, -0.2) is 4.39 Å². The summed E-state index contributed by atoms with van der Waals surface area (Å²) >= 11 is 12.7. The van der Waals surface area contributed by atoms with E-state index in [-0.39, 0.29) is 30.6 Å². The molecular formula is C23H16Cl2FNO4. The number of carbonyl (C=O) groups is 1. The first-order valence-electron chi connectivity index (χ1n) is 9.59. The van der Waals surface area contributed by atoms with Crippen LogP contribution in [0, 0.1) is 5.82 Å². The van der Waals surface area contributed by atoms with Gasteiger partial charge in [-0.2, -0.15) is 0 Å². The number of nitrogens with zero attached hydrogens (tertiary/aromatic N) is 1. The minimum atomic E-state index is -1.07. The van der Waals surface area contributed by atoms with E-state index in [1.54, 1.807) is 42.5 Å². The van der Waals surface area contributed by atoms with Gasteiger partial charge in [-0.1, -0.05) is 47.5 Å². The van der Waals surface area contributed by atoms with Crippen LogP contribution >= 0.6 is 23.2 Å². The number of ether oxygens (including phenoxy) is 2. The van der Waals surface area contributed by atoms with Gasteiger partial charge in [0.25, 0.3) is 5.91 Å². The van der Waals surface area contributed by atoms with Crippen LogP contribution in [0.25, 0.3) is 11.1 Å². The molecule has 3 aromatic carbocycles. The fourth-order valence-corrected chi connectivity index (χ4v) is 4.57. The molecule has 8 heteroatoms.